The number of aromatic hydroxyl groups is 1. The first kappa shape index (κ1) is 16.7. The molecule has 5 nitrogen and oxygen atoms in total. The zero-order valence-electron chi connectivity index (χ0n) is 13.8. The summed E-state index contributed by atoms with van der Waals surface area (Å²) in [6.45, 7) is 1.22. The SMILES string of the molecule is CN=C(NCc1cc(OC)ccc1O)N(C)Cc1ccccc1. The summed E-state index contributed by atoms with van der Waals surface area (Å²) in [6, 6.07) is 15.4. The average molecular weight is 313 g/mol. The molecule has 0 heterocycles. The Labute approximate surface area is 137 Å². The maximum atomic E-state index is 9.94. The van der Waals surface area contributed by atoms with Crippen molar-refractivity contribution in [2.45, 2.75) is 13.1 Å². The molecule has 5 heteroatoms. The molecule has 0 aliphatic heterocycles. The van der Waals surface area contributed by atoms with E-state index in [0.717, 1.165) is 18.1 Å². The number of nitrogens with one attached hydrogen (secondary N) is 1. The number of hydrogen-bond donors (Lipinski definition) is 2. The lowest BCUT2D eigenvalue weighted by molar-refractivity contribution is 0.410. The van der Waals surface area contributed by atoms with Gasteiger partial charge in [-0.2, -0.15) is 0 Å². The van der Waals surface area contributed by atoms with Gasteiger partial charge < -0.3 is 20.1 Å². The second-order valence-electron chi connectivity index (χ2n) is 5.24. The van der Waals surface area contributed by atoms with Gasteiger partial charge in [0.25, 0.3) is 0 Å². The molecule has 0 aromatic heterocycles. The van der Waals surface area contributed by atoms with Gasteiger partial charge in [0.1, 0.15) is 11.5 Å². The molecule has 2 rings (SSSR count). The lowest BCUT2D eigenvalue weighted by Gasteiger charge is -2.22. The van der Waals surface area contributed by atoms with Gasteiger partial charge in [0.2, 0.25) is 0 Å². The molecule has 0 unspecified atom stereocenters. The molecule has 0 amide bonds. The molecule has 0 aliphatic carbocycles. The second kappa shape index (κ2) is 8.08. The summed E-state index contributed by atoms with van der Waals surface area (Å²) in [5, 5.41) is 13.2. The molecular formula is C18H23N3O2. The fraction of sp³-hybridized carbons (Fsp3) is 0.278. The zero-order valence-corrected chi connectivity index (χ0v) is 13.8. The maximum Gasteiger partial charge on any atom is 0.193 e. The van der Waals surface area contributed by atoms with Crippen LogP contribution in [-0.4, -0.2) is 37.2 Å². The predicted molar refractivity (Wildman–Crippen MR) is 92.8 cm³/mol. The minimum Gasteiger partial charge on any atom is -0.508 e. The van der Waals surface area contributed by atoms with E-state index in [0.29, 0.717) is 12.3 Å². The first-order valence-electron chi connectivity index (χ1n) is 7.45. The first-order valence-corrected chi connectivity index (χ1v) is 7.45. The molecule has 0 saturated heterocycles. The van der Waals surface area contributed by atoms with Gasteiger partial charge in [-0.05, 0) is 23.8 Å². The number of ether oxygens (including phenoxy) is 1. The van der Waals surface area contributed by atoms with E-state index in [-0.39, 0.29) is 5.75 Å². The van der Waals surface area contributed by atoms with Crippen LogP contribution >= 0.6 is 0 Å². The highest BCUT2D eigenvalue weighted by Crippen LogP contribution is 2.22. The highest BCUT2D eigenvalue weighted by Gasteiger charge is 2.09. The van der Waals surface area contributed by atoms with Crippen molar-refractivity contribution in [1.82, 2.24) is 10.2 Å². The molecule has 122 valence electrons. The van der Waals surface area contributed by atoms with E-state index < -0.39 is 0 Å². The Morgan fingerprint density at radius 2 is 1.96 bits per heavy atom. The van der Waals surface area contributed by atoms with E-state index in [1.165, 1.54) is 5.56 Å². The quantitative estimate of drug-likeness (QED) is 0.658. The van der Waals surface area contributed by atoms with Gasteiger partial charge in [0, 0.05) is 32.7 Å². The molecule has 0 bridgehead atoms. The van der Waals surface area contributed by atoms with Gasteiger partial charge in [-0.1, -0.05) is 30.3 Å². The second-order valence-corrected chi connectivity index (χ2v) is 5.24. The van der Waals surface area contributed by atoms with E-state index in [4.69, 9.17) is 4.74 Å². The zero-order chi connectivity index (χ0) is 16.7. The summed E-state index contributed by atoms with van der Waals surface area (Å²) in [7, 11) is 5.33. The van der Waals surface area contributed by atoms with Gasteiger partial charge in [0.15, 0.2) is 5.96 Å². The Morgan fingerprint density at radius 1 is 1.22 bits per heavy atom. The smallest absolute Gasteiger partial charge is 0.193 e. The van der Waals surface area contributed by atoms with Gasteiger partial charge in [-0.15, -0.1) is 0 Å². The van der Waals surface area contributed by atoms with Crippen LogP contribution in [0.4, 0.5) is 0 Å². The van der Waals surface area contributed by atoms with Crippen LogP contribution in [0.25, 0.3) is 0 Å². The number of benzene rings is 2. The summed E-state index contributed by atoms with van der Waals surface area (Å²) in [4.78, 5) is 6.32. The third kappa shape index (κ3) is 4.64. The van der Waals surface area contributed by atoms with Crippen molar-refractivity contribution < 1.29 is 9.84 Å². The lowest BCUT2D eigenvalue weighted by Crippen LogP contribution is -2.38. The lowest BCUT2D eigenvalue weighted by atomic mass is 10.2. The normalized spacial score (nSPS) is 11.2. The maximum absolute atomic E-state index is 9.94. The minimum atomic E-state index is 0.236. The molecule has 0 fully saturated rings. The van der Waals surface area contributed by atoms with Crippen LogP contribution in [0.15, 0.2) is 53.5 Å². The molecule has 0 spiro atoms. The molecular weight excluding hydrogens is 290 g/mol. The van der Waals surface area contributed by atoms with E-state index in [9.17, 15) is 5.11 Å². The Morgan fingerprint density at radius 3 is 2.61 bits per heavy atom. The fourth-order valence-electron chi connectivity index (χ4n) is 2.32. The first-order chi connectivity index (χ1) is 11.1. The van der Waals surface area contributed by atoms with Crippen molar-refractivity contribution in [1.29, 1.82) is 0 Å². The minimum absolute atomic E-state index is 0.236. The molecule has 0 radical (unpaired) electrons. The molecule has 23 heavy (non-hydrogen) atoms. The van der Waals surface area contributed by atoms with Crippen molar-refractivity contribution in [3.63, 3.8) is 0 Å². The van der Waals surface area contributed by atoms with Crippen LogP contribution in [0.5, 0.6) is 11.5 Å². The summed E-state index contributed by atoms with van der Waals surface area (Å²) >= 11 is 0. The predicted octanol–water partition coefficient (Wildman–Crippen LogP) is 2.61. The number of aliphatic imine (C=N–C) groups is 1. The van der Waals surface area contributed by atoms with Crippen molar-refractivity contribution in [3.8, 4) is 11.5 Å². The highest BCUT2D eigenvalue weighted by atomic mass is 16.5. The number of phenolic OH excluding ortho intramolecular Hbond substituents is 1. The van der Waals surface area contributed by atoms with Crippen LogP contribution in [0.1, 0.15) is 11.1 Å². The Kier molecular flexibility index (Phi) is 5.86. The van der Waals surface area contributed by atoms with Crippen molar-refractivity contribution >= 4 is 5.96 Å². The van der Waals surface area contributed by atoms with Crippen LogP contribution < -0.4 is 10.1 Å². The molecule has 2 aromatic carbocycles. The number of rotatable bonds is 5. The average Bonchev–Trinajstić information content (AvgIpc) is 2.57. The highest BCUT2D eigenvalue weighted by molar-refractivity contribution is 5.79. The monoisotopic (exact) mass is 313 g/mol. The van der Waals surface area contributed by atoms with Crippen molar-refractivity contribution in [3.05, 3.63) is 59.7 Å². The number of phenols is 1. The number of nitrogens with zero attached hydrogens (tertiary/aromatic N) is 2. The van der Waals surface area contributed by atoms with Crippen LogP contribution in [-0.2, 0) is 13.1 Å². The molecule has 2 N–H and O–H groups in total. The van der Waals surface area contributed by atoms with Crippen LogP contribution in [0.2, 0.25) is 0 Å². The third-order valence-electron chi connectivity index (χ3n) is 3.56. The van der Waals surface area contributed by atoms with E-state index in [1.54, 1.807) is 26.3 Å². The van der Waals surface area contributed by atoms with Gasteiger partial charge in [0.05, 0.1) is 7.11 Å². The standard InChI is InChI=1S/C18H23N3O2/c1-19-18(21(2)13-14-7-5-4-6-8-14)20-12-15-11-16(23-3)9-10-17(15)22/h4-11,22H,12-13H2,1-3H3,(H,19,20). The van der Waals surface area contributed by atoms with Crippen LogP contribution in [0, 0.1) is 0 Å². The van der Waals surface area contributed by atoms with Crippen LogP contribution in [0.3, 0.4) is 0 Å². The number of guanidine groups is 1. The van der Waals surface area contributed by atoms with E-state index in [1.807, 2.05) is 36.2 Å². The largest absolute Gasteiger partial charge is 0.508 e. The summed E-state index contributed by atoms with van der Waals surface area (Å²) in [5.74, 6) is 1.71. The van der Waals surface area contributed by atoms with Gasteiger partial charge in [-0.25, -0.2) is 0 Å². The van der Waals surface area contributed by atoms with Crippen molar-refractivity contribution in [2.24, 2.45) is 4.99 Å². The Bertz CT molecular complexity index is 657. The number of methoxy groups -OCH3 is 1. The van der Waals surface area contributed by atoms with E-state index in [2.05, 4.69) is 22.4 Å². The Hall–Kier alpha value is -2.69. The fourth-order valence-corrected chi connectivity index (χ4v) is 2.32. The van der Waals surface area contributed by atoms with Crippen molar-refractivity contribution in [2.75, 3.05) is 21.2 Å². The molecule has 2 aromatic rings. The molecule has 0 saturated carbocycles. The topological polar surface area (TPSA) is 57.1 Å². The Balaban J connectivity index is 2.00. The summed E-state index contributed by atoms with van der Waals surface area (Å²) in [5.41, 5.74) is 1.97. The van der Waals surface area contributed by atoms with Gasteiger partial charge in [-0.3, -0.25) is 4.99 Å². The third-order valence-corrected chi connectivity index (χ3v) is 3.56. The number of hydrogen-bond acceptors (Lipinski definition) is 3. The summed E-state index contributed by atoms with van der Waals surface area (Å²) in [6.07, 6.45) is 0. The molecule has 0 atom stereocenters. The van der Waals surface area contributed by atoms with E-state index >= 15 is 0 Å². The molecule has 0 aliphatic rings. The summed E-state index contributed by atoms with van der Waals surface area (Å²) < 4.78 is 5.19. The van der Waals surface area contributed by atoms with Gasteiger partial charge >= 0.3 is 0 Å².